The van der Waals surface area contributed by atoms with Crippen LogP contribution in [0.3, 0.4) is 0 Å². The quantitative estimate of drug-likeness (QED) is 0.525. The molecule has 0 aliphatic carbocycles. The fraction of sp³-hybridized carbons (Fsp3) is 0.412. The van der Waals surface area contributed by atoms with Crippen molar-refractivity contribution in [2.75, 3.05) is 20.2 Å². The number of halogens is 2. The van der Waals surface area contributed by atoms with Gasteiger partial charge in [-0.05, 0) is 25.1 Å². The number of aliphatic imine (C=N–C) groups is 1. The Morgan fingerprint density at radius 1 is 1.35 bits per heavy atom. The third kappa shape index (κ3) is 6.23. The minimum Gasteiger partial charge on any atom is -0.497 e. The zero-order valence-electron chi connectivity index (χ0n) is 14.8. The van der Waals surface area contributed by atoms with Gasteiger partial charge in [-0.3, -0.25) is 0 Å². The lowest BCUT2D eigenvalue weighted by Gasteiger charge is -2.13. The maximum absolute atomic E-state index is 12.6. The van der Waals surface area contributed by atoms with E-state index in [-0.39, 0.29) is 12.3 Å². The van der Waals surface area contributed by atoms with Crippen molar-refractivity contribution >= 4 is 5.96 Å². The average molecular weight is 367 g/mol. The molecule has 0 saturated heterocycles. The van der Waals surface area contributed by atoms with Crippen molar-refractivity contribution in [3.63, 3.8) is 0 Å². The third-order valence-corrected chi connectivity index (χ3v) is 3.46. The van der Waals surface area contributed by atoms with Gasteiger partial charge in [-0.25, -0.2) is 9.98 Å². The minimum atomic E-state index is -2.90. The molecule has 2 N–H and O–H groups in total. The molecule has 0 bridgehead atoms. The van der Waals surface area contributed by atoms with Crippen molar-refractivity contribution in [3.05, 3.63) is 42.5 Å². The molecule has 2 aromatic rings. The first-order valence-corrected chi connectivity index (χ1v) is 8.22. The fourth-order valence-corrected chi connectivity index (χ4v) is 2.25. The van der Waals surface area contributed by atoms with Gasteiger partial charge in [0.1, 0.15) is 11.5 Å². The maximum Gasteiger partial charge on any atom is 0.387 e. The zero-order valence-corrected chi connectivity index (χ0v) is 14.8. The molecule has 1 aromatic heterocycles. The number of nitrogens with zero attached hydrogens (tertiary/aromatic N) is 3. The van der Waals surface area contributed by atoms with Crippen LogP contribution in [0.25, 0.3) is 0 Å². The summed E-state index contributed by atoms with van der Waals surface area (Å²) < 4.78 is 36.8. The normalized spacial score (nSPS) is 11.5. The van der Waals surface area contributed by atoms with Crippen LogP contribution in [0.2, 0.25) is 0 Å². The highest BCUT2D eigenvalue weighted by atomic mass is 19.3. The molecule has 26 heavy (non-hydrogen) atoms. The Hall–Kier alpha value is -2.84. The number of aromatic nitrogens is 2. The molecule has 0 unspecified atom stereocenters. The number of hydrogen-bond acceptors (Lipinski definition) is 4. The number of alkyl halides is 2. The third-order valence-electron chi connectivity index (χ3n) is 3.46. The molecule has 0 aliphatic heterocycles. The van der Waals surface area contributed by atoms with E-state index in [0.717, 1.165) is 6.54 Å². The molecule has 0 saturated carbocycles. The second-order valence-corrected chi connectivity index (χ2v) is 5.27. The van der Waals surface area contributed by atoms with Crippen LogP contribution in [0.1, 0.15) is 12.5 Å². The number of ether oxygens (including phenoxy) is 2. The SMILES string of the molecule is CCNC(=NCc1cc(OC)ccc1OC(F)F)NCCn1ccnc1. The Labute approximate surface area is 151 Å². The molecule has 0 fully saturated rings. The standard InChI is InChI=1S/C17H23F2N5O2/c1-3-21-17(22-7-9-24-8-6-20-12-24)23-11-13-10-14(25-2)4-5-15(13)26-16(18)19/h4-6,8,10,12,16H,3,7,9,11H2,1-2H3,(H2,21,22,23). The fourth-order valence-electron chi connectivity index (χ4n) is 2.25. The summed E-state index contributed by atoms with van der Waals surface area (Å²) in [6.45, 7) is 1.26. The van der Waals surface area contributed by atoms with Gasteiger partial charge in [-0.1, -0.05) is 0 Å². The Kier molecular flexibility index (Phi) is 7.66. The highest BCUT2D eigenvalue weighted by Crippen LogP contribution is 2.26. The van der Waals surface area contributed by atoms with Crippen LogP contribution in [0, 0.1) is 0 Å². The van der Waals surface area contributed by atoms with Gasteiger partial charge in [-0.2, -0.15) is 8.78 Å². The molecule has 7 nitrogen and oxygen atoms in total. The van der Waals surface area contributed by atoms with E-state index in [4.69, 9.17) is 4.74 Å². The summed E-state index contributed by atoms with van der Waals surface area (Å²) in [6, 6.07) is 4.66. The summed E-state index contributed by atoms with van der Waals surface area (Å²) in [4.78, 5) is 8.42. The van der Waals surface area contributed by atoms with Gasteiger partial charge in [0.25, 0.3) is 0 Å². The molecule has 142 valence electrons. The molecule has 0 spiro atoms. The first-order valence-electron chi connectivity index (χ1n) is 8.22. The number of guanidine groups is 1. The van der Waals surface area contributed by atoms with E-state index < -0.39 is 6.61 Å². The van der Waals surface area contributed by atoms with Gasteiger partial charge in [0.05, 0.1) is 20.0 Å². The number of benzene rings is 1. The maximum atomic E-state index is 12.6. The van der Waals surface area contributed by atoms with E-state index in [1.54, 1.807) is 24.7 Å². The van der Waals surface area contributed by atoms with Crippen LogP contribution in [-0.4, -0.2) is 42.3 Å². The summed E-state index contributed by atoms with van der Waals surface area (Å²) in [7, 11) is 1.51. The van der Waals surface area contributed by atoms with Crippen molar-refractivity contribution in [3.8, 4) is 11.5 Å². The van der Waals surface area contributed by atoms with Crippen LogP contribution in [0.4, 0.5) is 8.78 Å². The summed E-state index contributed by atoms with van der Waals surface area (Å²) in [6.07, 6.45) is 5.32. The van der Waals surface area contributed by atoms with Crippen LogP contribution >= 0.6 is 0 Å². The molecule has 9 heteroatoms. The molecule has 0 aliphatic rings. The Bertz CT molecular complexity index is 692. The number of hydrogen-bond donors (Lipinski definition) is 2. The number of methoxy groups -OCH3 is 1. The lowest BCUT2D eigenvalue weighted by molar-refractivity contribution is -0.0504. The molecule has 1 heterocycles. The van der Waals surface area contributed by atoms with E-state index in [1.807, 2.05) is 17.7 Å². The number of imidazole rings is 1. The van der Waals surface area contributed by atoms with Crippen LogP contribution in [0.15, 0.2) is 41.9 Å². The Balaban J connectivity index is 2.04. The van der Waals surface area contributed by atoms with Crippen molar-refractivity contribution in [1.29, 1.82) is 0 Å². The zero-order chi connectivity index (χ0) is 18.8. The second kappa shape index (κ2) is 10.2. The summed E-state index contributed by atoms with van der Waals surface area (Å²) in [5.74, 6) is 1.21. The van der Waals surface area contributed by atoms with E-state index in [9.17, 15) is 8.78 Å². The summed E-state index contributed by atoms with van der Waals surface area (Å²) >= 11 is 0. The van der Waals surface area contributed by atoms with E-state index >= 15 is 0 Å². The highest BCUT2D eigenvalue weighted by Gasteiger charge is 2.11. The highest BCUT2D eigenvalue weighted by molar-refractivity contribution is 5.79. The van der Waals surface area contributed by atoms with E-state index in [1.165, 1.54) is 13.2 Å². The Morgan fingerprint density at radius 3 is 2.85 bits per heavy atom. The van der Waals surface area contributed by atoms with Gasteiger partial charge in [0, 0.05) is 37.6 Å². The van der Waals surface area contributed by atoms with Crippen molar-refractivity contribution in [2.24, 2.45) is 4.99 Å². The molecule has 2 rings (SSSR count). The van der Waals surface area contributed by atoms with Crippen LogP contribution in [-0.2, 0) is 13.1 Å². The van der Waals surface area contributed by atoms with Crippen molar-refractivity contribution in [1.82, 2.24) is 20.2 Å². The van der Waals surface area contributed by atoms with E-state index in [0.29, 0.717) is 30.4 Å². The smallest absolute Gasteiger partial charge is 0.387 e. The molecular formula is C17H23F2N5O2. The predicted molar refractivity (Wildman–Crippen MR) is 94.7 cm³/mol. The monoisotopic (exact) mass is 367 g/mol. The second-order valence-electron chi connectivity index (χ2n) is 5.27. The van der Waals surface area contributed by atoms with E-state index in [2.05, 4.69) is 25.3 Å². The lowest BCUT2D eigenvalue weighted by Crippen LogP contribution is -2.38. The van der Waals surface area contributed by atoms with Gasteiger partial charge < -0.3 is 24.7 Å². The largest absolute Gasteiger partial charge is 0.497 e. The van der Waals surface area contributed by atoms with Crippen molar-refractivity contribution < 1.29 is 18.3 Å². The molecule has 0 radical (unpaired) electrons. The molecular weight excluding hydrogens is 344 g/mol. The Morgan fingerprint density at radius 2 is 2.19 bits per heavy atom. The predicted octanol–water partition coefficient (Wildman–Crippen LogP) is 2.25. The first kappa shape index (κ1) is 19.5. The number of rotatable bonds is 9. The van der Waals surface area contributed by atoms with Gasteiger partial charge >= 0.3 is 6.61 Å². The molecule has 1 aromatic carbocycles. The summed E-state index contributed by atoms with van der Waals surface area (Å²) in [5, 5.41) is 6.30. The average Bonchev–Trinajstić information content (AvgIpc) is 3.13. The molecule has 0 amide bonds. The molecule has 0 atom stereocenters. The van der Waals surface area contributed by atoms with Gasteiger partial charge in [-0.15, -0.1) is 0 Å². The number of nitrogens with one attached hydrogen (secondary N) is 2. The van der Waals surface area contributed by atoms with Crippen LogP contribution < -0.4 is 20.1 Å². The van der Waals surface area contributed by atoms with Gasteiger partial charge in [0.2, 0.25) is 0 Å². The minimum absolute atomic E-state index is 0.0822. The van der Waals surface area contributed by atoms with Crippen LogP contribution in [0.5, 0.6) is 11.5 Å². The topological polar surface area (TPSA) is 72.7 Å². The lowest BCUT2D eigenvalue weighted by atomic mass is 10.2. The van der Waals surface area contributed by atoms with Crippen molar-refractivity contribution in [2.45, 2.75) is 26.6 Å². The summed E-state index contributed by atoms with van der Waals surface area (Å²) in [5.41, 5.74) is 0.511. The first-order chi connectivity index (χ1) is 12.6. The van der Waals surface area contributed by atoms with Gasteiger partial charge in [0.15, 0.2) is 5.96 Å².